The Morgan fingerprint density at radius 2 is 1.92 bits per heavy atom. The lowest BCUT2D eigenvalue weighted by atomic mass is 10.1. The molecule has 0 saturated carbocycles. The van der Waals surface area contributed by atoms with E-state index in [2.05, 4.69) is 15.9 Å². The van der Waals surface area contributed by atoms with Gasteiger partial charge in [0.25, 0.3) is 0 Å². The fourth-order valence-electron chi connectivity index (χ4n) is 2.30. The first kappa shape index (κ1) is 19.3. The third-order valence-corrected chi connectivity index (χ3v) is 3.78. The molecule has 0 saturated heterocycles. The molecule has 0 atom stereocenters. The van der Waals surface area contributed by atoms with Crippen LogP contribution in [-0.4, -0.2) is 30.8 Å². The quantitative estimate of drug-likeness (QED) is 0.677. The molecule has 1 aromatic carbocycles. The summed E-state index contributed by atoms with van der Waals surface area (Å²) in [6.45, 7) is 8.81. The Labute approximate surface area is 154 Å². The van der Waals surface area contributed by atoms with Crippen LogP contribution >= 0.6 is 15.9 Å². The van der Waals surface area contributed by atoms with Crippen molar-refractivity contribution in [3.8, 4) is 5.75 Å². The van der Waals surface area contributed by atoms with Gasteiger partial charge in [-0.1, -0.05) is 0 Å². The molecule has 1 aromatic heterocycles. The Morgan fingerprint density at radius 1 is 1.24 bits per heavy atom. The molecule has 0 aliphatic carbocycles. The molecule has 0 amide bonds. The average Bonchev–Trinajstić information content (AvgIpc) is 2.78. The average molecular weight is 413 g/mol. The zero-order valence-electron chi connectivity index (χ0n) is 14.9. The molecular weight excluding hydrogens is 392 g/mol. The van der Waals surface area contributed by atoms with Gasteiger partial charge < -0.3 is 18.6 Å². The molecule has 0 aliphatic heterocycles. The standard InChI is InChI=1S/C18H21BrO6/c1-6-22-17(21)16-10(2)24-13-8-12(19)14(7-11(13)16)23-9-15(20)25-18(3,4)5/h7-8H,6,9H2,1-5H3. The summed E-state index contributed by atoms with van der Waals surface area (Å²) in [5, 5.41) is 0.568. The molecule has 0 aliphatic rings. The minimum atomic E-state index is -0.583. The number of fused-ring (bicyclic) bond motifs is 1. The van der Waals surface area contributed by atoms with Crippen molar-refractivity contribution in [3.63, 3.8) is 0 Å². The fraction of sp³-hybridized carbons (Fsp3) is 0.444. The summed E-state index contributed by atoms with van der Waals surface area (Å²) in [6.07, 6.45) is 0. The van der Waals surface area contributed by atoms with E-state index < -0.39 is 17.5 Å². The predicted octanol–water partition coefficient (Wildman–Crippen LogP) is 4.40. The summed E-state index contributed by atoms with van der Waals surface area (Å²) in [6, 6.07) is 3.34. The van der Waals surface area contributed by atoms with E-state index in [1.54, 1.807) is 46.8 Å². The van der Waals surface area contributed by atoms with Crippen molar-refractivity contribution in [2.24, 2.45) is 0 Å². The summed E-state index contributed by atoms with van der Waals surface area (Å²) < 4.78 is 22.0. The molecule has 25 heavy (non-hydrogen) atoms. The number of esters is 2. The zero-order chi connectivity index (χ0) is 18.8. The molecule has 0 spiro atoms. The van der Waals surface area contributed by atoms with Crippen molar-refractivity contribution in [1.82, 2.24) is 0 Å². The minimum absolute atomic E-state index is 0.243. The van der Waals surface area contributed by atoms with Gasteiger partial charge in [-0.25, -0.2) is 9.59 Å². The molecule has 2 aromatic rings. The first-order chi connectivity index (χ1) is 11.6. The normalized spacial score (nSPS) is 11.4. The molecular formula is C18H21BrO6. The molecule has 0 bridgehead atoms. The second-order valence-electron chi connectivity index (χ2n) is 6.41. The first-order valence-corrected chi connectivity index (χ1v) is 8.66. The first-order valence-electron chi connectivity index (χ1n) is 7.86. The maximum atomic E-state index is 12.2. The van der Waals surface area contributed by atoms with Crippen LogP contribution in [0.1, 0.15) is 43.8 Å². The molecule has 7 heteroatoms. The van der Waals surface area contributed by atoms with Crippen LogP contribution in [0.2, 0.25) is 0 Å². The highest BCUT2D eigenvalue weighted by Crippen LogP contribution is 2.35. The van der Waals surface area contributed by atoms with E-state index in [9.17, 15) is 9.59 Å². The van der Waals surface area contributed by atoms with Crippen molar-refractivity contribution >= 4 is 38.8 Å². The van der Waals surface area contributed by atoms with Crippen LogP contribution in [0, 0.1) is 6.92 Å². The maximum absolute atomic E-state index is 12.2. The Morgan fingerprint density at radius 3 is 2.52 bits per heavy atom. The van der Waals surface area contributed by atoms with Crippen molar-refractivity contribution < 1.29 is 28.2 Å². The van der Waals surface area contributed by atoms with Crippen LogP contribution in [0.25, 0.3) is 11.0 Å². The molecule has 6 nitrogen and oxygen atoms in total. The van der Waals surface area contributed by atoms with E-state index >= 15 is 0 Å². The number of aryl methyl sites for hydroxylation is 1. The van der Waals surface area contributed by atoms with Crippen molar-refractivity contribution in [2.75, 3.05) is 13.2 Å². The minimum Gasteiger partial charge on any atom is -0.481 e. The van der Waals surface area contributed by atoms with Gasteiger partial charge in [0, 0.05) is 5.39 Å². The maximum Gasteiger partial charge on any atom is 0.344 e. The van der Waals surface area contributed by atoms with Crippen molar-refractivity contribution in [3.05, 3.63) is 27.9 Å². The molecule has 136 valence electrons. The van der Waals surface area contributed by atoms with Gasteiger partial charge in [0.15, 0.2) is 6.61 Å². The fourth-order valence-corrected chi connectivity index (χ4v) is 2.73. The van der Waals surface area contributed by atoms with Gasteiger partial charge in [-0.3, -0.25) is 0 Å². The topological polar surface area (TPSA) is 75.0 Å². The number of furan rings is 1. The second kappa shape index (κ2) is 7.47. The lowest BCUT2D eigenvalue weighted by Crippen LogP contribution is -2.27. The predicted molar refractivity (Wildman–Crippen MR) is 95.9 cm³/mol. The highest BCUT2D eigenvalue weighted by Gasteiger charge is 2.22. The van der Waals surface area contributed by atoms with Crippen LogP contribution in [0.15, 0.2) is 21.0 Å². The smallest absolute Gasteiger partial charge is 0.344 e. The number of hydrogen-bond acceptors (Lipinski definition) is 6. The SMILES string of the molecule is CCOC(=O)c1c(C)oc2cc(Br)c(OCC(=O)OC(C)(C)C)cc12. The number of rotatable bonds is 5. The largest absolute Gasteiger partial charge is 0.481 e. The summed E-state index contributed by atoms with van der Waals surface area (Å²) in [5.41, 5.74) is 0.295. The third kappa shape index (κ3) is 4.75. The molecule has 1 heterocycles. The molecule has 0 N–H and O–H groups in total. The lowest BCUT2D eigenvalue weighted by molar-refractivity contribution is -0.157. The van der Waals surface area contributed by atoms with Gasteiger partial charge in [0.05, 0.1) is 11.1 Å². The Bertz CT molecular complexity index is 800. The number of hydrogen-bond donors (Lipinski definition) is 0. The molecule has 0 unspecified atom stereocenters. The monoisotopic (exact) mass is 412 g/mol. The van der Waals surface area contributed by atoms with Gasteiger partial charge in [0.2, 0.25) is 0 Å². The number of halogens is 1. The lowest BCUT2D eigenvalue weighted by Gasteiger charge is -2.19. The zero-order valence-corrected chi connectivity index (χ0v) is 16.5. The molecule has 2 rings (SSSR count). The number of carbonyl (C=O) groups is 2. The van der Waals surface area contributed by atoms with Crippen LogP contribution in [0.3, 0.4) is 0 Å². The summed E-state index contributed by atoms with van der Waals surface area (Å²) in [7, 11) is 0. The third-order valence-electron chi connectivity index (χ3n) is 3.16. The van der Waals surface area contributed by atoms with Gasteiger partial charge in [-0.2, -0.15) is 0 Å². The van der Waals surface area contributed by atoms with Gasteiger partial charge >= 0.3 is 11.9 Å². The Hall–Kier alpha value is -2.02. The van der Waals surface area contributed by atoms with Gasteiger partial charge in [-0.15, -0.1) is 0 Å². The highest BCUT2D eigenvalue weighted by atomic mass is 79.9. The van der Waals surface area contributed by atoms with E-state index in [1.165, 1.54) is 0 Å². The van der Waals surface area contributed by atoms with Crippen LogP contribution < -0.4 is 4.74 Å². The number of ether oxygens (including phenoxy) is 3. The van der Waals surface area contributed by atoms with Crippen LogP contribution in [-0.2, 0) is 14.3 Å². The van der Waals surface area contributed by atoms with E-state index in [-0.39, 0.29) is 13.2 Å². The summed E-state index contributed by atoms with van der Waals surface area (Å²) >= 11 is 3.38. The van der Waals surface area contributed by atoms with E-state index in [4.69, 9.17) is 18.6 Å². The highest BCUT2D eigenvalue weighted by molar-refractivity contribution is 9.10. The Kier molecular flexibility index (Phi) is 5.77. The van der Waals surface area contributed by atoms with Crippen molar-refractivity contribution in [1.29, 1.82) is 0 Å². The Balaban J connectivity index is 2.29. The summed E-state index contributed by atoms with van der Waals surface area (Å²) in [5.74, 6) is -0.0676. The van der Waals surface area contributed by atoms with Crippen molar-refractivity contribution in [2.45, 2.75) is 40.2 Å². The summed E-state index contributed by atoms with van der Waals surface area (Å²) in [4.78, 5) is 24.0. The molecule has 0 fully saturated rings. The van der Waals surface area contributed by atoms with E-state index in [0.29, 0.717) is 32.5 Å². The van der Waals surface area contributed by atoms with Crippen LogP contribution in [0.5, 0.6) is 5.75 Å². The van der Waals surface area contributed by atoms with Gasteiger partial charge in [-0.05, 0) is 62.7 Å². The number of carbonyl (C=O) groups excluding carboxylic acids is 2. The molecule has 0 radical (unpaired) electrons. The van der Waals surface area contributed by atoms with Crippen LogP contribution in [0.4, 0.5) is 0 Å². The van der Waals surface area contributed by atoms with E-state index in [1.807, 2.05) is 0 Å². The number of benzene rings is 1. The second-order valence-corrected chi connectivity index (χ2v) is 7.26. The van der Waals surface area contributed by atoms with E-state index in [0.717, 1.165) is 0 Å². The van der Waals surface area contributed by atoms with Gasteiger partial charge in [0.1, 0.15) is 28.3 Å².